The fourth-order valence-electron chi connectivity index (χ4n) is 2.80. The summed E-state index contributed by atoms with van der Waals surface area (Å²) in [6, 6.07) is 10.1. The maximum Gasteiger partial charge on any atom is 0.170 e. The van der Waals surface area contributed by atoms with Crippen molar-refractivity contribution in [1.82, 2.24) is 0 Å². The Morgan fingerprint density at radius 3 is 2.94 bits per heavy atom. The number of hydrogen-bond donors (Lipinski definition) is 0. The zero-order valence-corrected chi connectivity index (χ0v) is 11.3. The third-order valence-corrected chi connectivity index (χ3v) is 4.78. The molecular formula is C16H16OS. The molecule has 1 aromatic carbocycles. The van der Waals surface area contributed by atoms with Gasteiger partial charge in [0.2, 0.25) is 0 Å². The first kappa shape index (κ1) is 11.7. The molecule has 92 valence electrons. The molecule has 0 radical (unpaired) electrons. The Morgan fingerprint density at radius 1 is 1.28 bits per heavy atom. The van der Waals surface area contributed by atoms with Crippen molar-refractivity contribution in [1.29, 1.82) is 0 Å². The lowest BCUT2D eigenvalue weighted by Gasteiger charge is -2.22. The zero-order chi connectivity index (χ0) is 12.5. The van der Waals surface area contributed by atoms with Gasteiger partial charge in [-0.1, -0.05) is 24.3 Å². The minimum absolute atomic E-state index is 0.0844. The van der Waals surface area contributed by atoms with Gasteiger partial charge >= 0.3 is 0 Å². The molecule has 1 heterocycles. The van der Waals surface area contributed by atoms with E-state index in [0.717, 1.165) is 30.4 Å². The fourth-order valence-corrected chi connectivity index (χ4v) is 3.78. The van der Waals surface area contributed by atoms with Crippen LogP contribution in [0.1, 0.15) is 45.1 Å². The number of fused-ring (bicyclic) bond motifs is 1. The van der Waals surface area contributed by atoms with Crippen LogP contribution in [0.2, 0.25) is 0 Å². The van der Waals surface area contributed by atoms with Gasteiger partial charge in [0, 0.05) is 16.4 Å². The van der Waals surface area contributed by atoms with Gasteiger partial charge in [-0.05, 0) is 48.8 Å². The number of carbonyl (C=O) groups excluding carboxylic acids is 1. The normalized spacial score (nSPS) is 18.4. The van der Waals surface area contributed by atoms with Gasteiger partial charge in [-0.15, -0.1) is 11.3 Å². The molecule has 2 aromatic rings. The van der Waals surface area contributed by atoms with Gasteiger partial charge in [0.05, 0.1) is 0 Å². The summed E-state index contributed by atoms with van der Waals surface area (Å²) in [6.07, 6.45) is 3.28. The molecular weight excluding hydrogens is 240 g/mol. The first-order valence-electron chi connectivity index (χ1n) is 6.43. The fraction of sp³-hybridized carbons (Fsp3) is 0.312. The molecule has 0 bridgehead atoms. The highest BCUT2D eigenvalue weighted by atomic mass is 32.1. The Morgan fingerprint density at radius 2 is 2.11 bits per heavy atom. The van der Waals surface area contributed by atoms with Crippen LogP contribution in [0, 0.1) is 6.92 Å². The van der Waals surface area contributed by atoms with E-state index in [1.54, 1.807) is 11.3 Å². The van der Waals surface area contributed by atoms with Crippen LogP contribution in [0.3, 0.4) is 0 Å². The van der Waals surface area contributed by atoms with Crippen molar-refractivity contribution >= 4 is 17.1 Å². The number of rotatable bonds is 2. The maximum absolute atomic E-state index is 12.7. The molecule has 1 nitrogen and oxygen atoms in total. The van der Waals surface area contributed by atoms with E-state index < -0.39 is 0 Å². The Bertz CT molecular complexity index is 582. The van der Waals surface area contributed by atoms with Gasteiger partial charge in [-0.3, -0.25) is 4.79 Å². The topological polar surface area (TPSA) is 17.1 Å². The van der Waals surface area contributed by atoms with Crippen LogP contribution in [0.4, 0.5) is 0 Å². The summed E-state index contributed by atoms with van der Waals surface area (Å²) in [7, 11) is 0. The van der Waals surface area contributed by atoms with E-state index in [-0.39, 0.29) is 5.92 Å². The highest BCUT2D eigenvalue weighted by Gasteiger charge is 2.28. The second-order valence-corrected chi connectivity index (χ2v) is 5.92. The molecule has 1 aliphatic rings. The molecule has 3 rings (SSSR count). The lowest BCUT2D eigenvalue weighted by Crippen LogP contribution is -2.18. The number of ketones is 1. The molecule has 1 aromatic heterocycles. The van der Waals surface area contributed by atoms with Crippen molar-refractivity contribution in [3.63, 3.8) is 0 Å². The molecule has 0 aliphatic heterocycles. The Kier molecular flexibility index (Phi) is 3.04. The Balaban J connectivity index is 1.98. The number of Topliss-reactive ketones (excluding diaryl/α,β-unsaturated/α-hetero) is 1. The van der Waals surface area contributed by atoms with Crippen molar-refractivity contribution < 1.29 is 4.79 Å². The molecule has 0 saturated carbocycles. The van der Waals surface area contributed by atoms with Crippen molar-refractivity contribution in [2.75, 3.05) is 0 Å². The Hall–Kier alpha value is -1.41. The van der Waals surface area contributed by atoms with Crippen LogP contribution in [-0.2, 0) is 6.42 Å². The van der Waals surface area contributed by atoms with Gasteiger partial charge in [-0.25, -0.2) is 0 Å². The van der Waals surface area contributed by atoms with Crippen molar-refractivity contribution in [3.05, 3.63) is 57.3 Å². The molecule has 0 amide bonds. The van der Waals surface area contributed by atoms with E-state index in [2.05, 4.69) is 11.4 Å². The number of carbonyl (C=O) groups is 1. The summed E-state index contributed by atoms with van der Waals surface area (Å²) >= 11 is 1.79. The van der Waals surface area contributed by atoms with Crippen molar-refractivity contribution in [2.24, 2.45) is 0 Å². The van der Waals surface area contributed by atoms with Gasteiger partial charge in [0.1, 0.15) is 0 Å². The van der Waals surface area contributed by atoms with Crippen LogP contribution in [-0.4, -0.2) is 5.78 Å². The average Bonchev–Trinajstić information content (AvgIpc) is 2.86. The number of aryl methyl sites for hydroxylation is 2. The summed E-state index contributed by atoms with van der Waals surface area (Å²) in [4.78, 5) is 14.1. The van der Waals surface area contributed by atoms with Crippen LogP contribution in [0.25, 0.3) is 0 Å². The molecule has 0 N–H and O–H groups in total. The average molecular weight is 256 g/mol. The number of benzene rings is 1. The molecule has 0 spiro atoms. The number of thiophene rings is 1. The molecule has 2 heteroatoms. The van der Waals surface area contributed by atoms with E-state index in [4.69, 9.17) is 0 Å². The minimum atomic E-state index is 0.0844. The predicted molar refractivity (Wildman–Crippen MR) is 75.5 cm³/mol. The minimum Gasteiger partial charge on any atom is -0.293 e. The van der Waals surface area contributed by atoms with Crippen LogP contribution in [0.15, 0.2) is 35.7 Å². The van der Waals surface area contributed by atoms with E-state index in [1.807, 2.05) is 31.2 Å². The van der Waals surface area contributed by atoms with E-state index in [9.17, 15) is 4.79 Å². The molecule has 1 unspecified atom stereocenters. The van der Waals surface area contributed by atoms with E-state index in [1.165, 1.54) is 10.4 Å². The molecule has 18 heavy (non-hydrogen) atoms. The van der Waals surface area contributed by atoms with Gasteiger partial charge < -0.3 is 0 Å². The predicted octanol–water partition coefficient (Wildman–Crippen LogP) is 4.36. The standard InChI is InChI=1S/C16H16OS/c1-11-5-2-3-6-12(11)16(17)14-7-4-8-15-13(14)9-10-18-15/h2-3,5-6,9-10,14H,4,7-8H2,1H3. The lowest BCUT2D eigenvalue weighted by atomic mass is 9.82. The SMILES string of the molecule is Cc1ccccc1C(=O)C1CCCc2sccc21. The highest BCUT2D eigenvalue weighted by Crippen LogP contribution is 2.37. The summed E-state index contributed by atoms with van der Waals surface area (Å²) < 4.78 is 0. The number of hydrogen-bond acceptors (Lipinski definition) is 2. The first-order chi connectivity index (χ1) is 8.77. The Labute approximate surface area is 111 Å². The third-order valence-electron chi connectivity index (χ3n) is 3.78. The molecule has 0 saturated heterocycles. The first-order valence-corrected chi connectivity index (χ1v) is 7.31. The monoisotopic (exact) mass is 256 g/mol. The van der Waals surface area contributed by atoms with Crippen LogP contribution >= 0.6 is 11.3 Å². The second-order valence-electron chi connectivity index (χ2n) is 4.92. The van der Waals surface area contributed by atoms with Crippen LogP contribution < -0.4 is 0 Å². The van der Waals surface area contributed by atoms with Gasteiger partial charge in [0.25, 0.3) is 0 Å². The summed E-state index contributed by atoms with van der Waals surface area (Å²) in [5.74, 6) is 0.383. The molecule has 1 atom stereocenters. The van der Waals surface area contributed by atoms with Gasteiger partial charge in [-0.2, -0.15) is 0 Å². The zero-order valence-electron chi connectivity index (χ0n) is 10.5. The quantitative estimate of drug-likeness (QED) is 0.730. The van der Waals surface area contributed by atoms with Crippen molar-refractivity contribution in [3.8, 4) is 0 Å². The molecule has 0 fully saturated rings. The van der Waals surface area contributed by atoms with E-state index in [0.29, 0.717) is 5.78 Å². The molecule has 1 aliphatic carbocycles. The summed E-state index contributed by atoms with van der Waals surface area (Å²) in [5.41, 5.74) is 3.26. The van der Waals surface area contributed by atoms with E-state index >= 15 is 0 Å². The third kappa shape index (κ3) is 1.91. The van der Waals surface area contributed by atoms with Gasteiger partial charge in [0.15, 0.2) is 5.78 Å². The maximum atomic E-state index is 12.7. The highest BCUT2D eigenvalue weighted by molar-refractivity contribution is 7.10. The van der Waals surface area contributed by atoms with Crippen LogP contribution in [0.5, 0.6) is 0 Å². The van der Waals surface area contributed by atoms with Crippen molar-refractivity contribution in [2.45, 2.75) is 32.1 Å². The lowest BCUT2D eigenvalue weighted by molar-refractivity contribution is 0.0951. The summed E-state index contributed by atoms with van der Waals surface area (Å²) in [6.45, 7) is 2.02. The second kappa shape index (κ2) is 4.69. The largest absolute Gasteiger partial charge is 0.293 e. The smallest absolute Gasteiger partial charge is 0.170 e. The summed E-state index contributed by atoms with van der Waals surface area (Å²) in [5, 5.41) is 2.12.